The summed E-state index contributed by atoms with van der Waals surface area (Å²) in [5, 5.41) is 7.06. The molecule has 0 saturated carbocycles. The van der Waals surface area contributed by atoms with E-state index in [4.69, 9.17) is 14.4 Å². The molecule has 0 radical (unpaired) electrons. The van der Waals surface area contributed by atoms with Gasteiger partial charge in [0, 0.05) is 65.9 Å². The Morgan fingerprint density at radius 1 is 0.317 bits per heavy atom. The van der Waals surface area contributed by atoms with Crippen LogP contribution in [0, 0.1) is 0 Å². The van der Waals surface area contributed by atoms with E-state index in [0.29, 0.717) is 5.82 Å². The normalized spacial score (nSPS) is 11.8. The average Bonchev–Trinajstić information content (AvgIpc) is 4.02. The Kier molecular flexibility index (Phi) is 7.84. The molecule has 0 aliphatic heterocycles. The van der Waals surface area contributed by atoms with E-state index in [0.717, 1.165) is 94.6 Å². The van der Waals surface area contributed by atoms with E-state index in [1.807, 2.05) is 18.2 Å². The Balaban J connectivity index is 1.07. The summed E-state index contributed by atoms with van der Waals surface area (Å²) in [6.07, 6.45) is 0. The van der Waals surface area contributed by atoms with Gasteiger partial charge in [0.05, 0.1) is 33.5 Å². The van der Waals surface area contributed by atoms with Gasteiger partial charge in [-0.15, -0.1) is 0 Å². The lowest BCUT2D eigenvalue weighted by atomic mass is 10.00. The average molecular weight is 805 g/mol. The molecule has 294 valence electrons. The van der Waals surface area contributed by atoms with Crippen molar-refractivity contribution < 1.29 is 4.42 Å². The lowest BCUT2D eigenvalue weighted by Gasteiger charge is -2.16. The summed E-state index contributed by atoms with van der Waals surface area (Å²) >= 11 is 0. The van der Waals surface area contributed by atoms with Gasteiger partial charge in [-0.25, -0.2) is 9.97 Å². The lowest BCUT2D eigenvalue weighted by Crippen LogP contribution is -2.01. The zero-order valence-electron chi connectivity index (χ0n) is 34.0. The van der Waals surface area contributed by atoms with Gasteiger partial charge in [0.25, 0.3) is 0 Å². The number of hydrogen-bond donors (Lipinski definition) is 0. The minimum Gasteiger partial charge on any atom is -0.455 e. The van der Waals surface area contributed by atoms with E-state index in [1.54, 1.807) is 0 Å². The maximum Gasteiger partial charge on any atom is 0.160 e. The quantitative estimate of drug-likeness (QED) is 0.168. The van der Waals surface area contributed by atoms with Gasteiger partial charge in [0.1, 0.15) is 11.2 Å². The monoisotopic (exact) mass is 804 g/mol. The molecule has 0 spiro atoms. The van der Waals surface area contributed by atoms with E-state index < -0.39 is 0 Å². The fraction of sp³-hybridized carbons (Fsp3) is 0. The van der Waals surface area contributed by atoms with Crippen molar-refractivity contribution in [2.45, 2.75) is 0 Å². The van der Waals surface area contributed by atoms with E-state index in [1.165, 1.54) is 21.5 Å². The topological polar surface area (TPSA) is 48.8 Å². The number of benzene rings is 9. The second kappa shape index (κ2) is 14.0. The van der Waals surface area contributed by atoms with E-state index in [-0.39, 0.29) is 0 Å². The van der Waals surface area contributed by atoms with Crippen molar-refractivity contribution in [1.82, 2.24) is 19.1 Å². The molecular weight excluding hydrogens is 769 g/mol. The van der Waals surface area contributed by atoms with Gasteiger partial charge in [-0.05, 0) is 66.2 Å². The summed E-state index contributed by atoms with van der Waals surface area (Å²) in [5.74, 6) is 0.644. The van der Waals surface area contributed by atoms with Gasteiger partial charge in [0.2, 0.25) is 0 Å². The van der Waals surface area contributed by atoms with Crippen LogP contribution >= 0.6 is 0 Å². The van der Waals surface area contributed by atoms with Crippen molar-refractivity contribution in [3.8, 4) is 56.4 Å². The smallest absolute Gasteiger partial charge is 0.160 e. The highest BCUT2D eigenvalue weighted by Crippen LogP contribution is 2.40. The number of aromatic nitrogens is 4. The molecule has 0 bridgehead atoms. The zero-order chi connectivity index (χ0) is 41.4. The first-order chi connectivity index (χ1) is 31.2. The molecule has 4 aromatic heterocycles. The molecule has 0 aliphatic carbocycles. The Morgan fingerprint density at radius 2 is 0.778 bits per heavy atom. The minimum atomic E-state index is 0.644. The Hall–Kier alpha value is -8.54. The summed E-state index contributed by atoms with van der Waals surface area (Å²) in [6, 6.07) is 77.3. The molecule has 0 N–H and O–H groups in total. The summed E-state index contributed by atoms with van der Waals surface area (Å²) in [5.41, 5.74) is 15.1. The van der Waals surface area contributed by atoms with Crippen LogP contribution in [-0.4, -0.2) is 19.1 Å². The maximum absolute atomic E-state index is 6.49. The second-order valence-corrected chi connectivity index (χ2v) is 16.2. The van der Waals surface area contributed by atoms with Gasteiger partial charge in [0.15, 0.2) is 5.82 Å². The Labute approximate surface area is 362 Å². The Morgan fingerprint density at radius 3 is 1.38 bits per heavy atom. The number of nitrogens with zero attached hydrogens (tertiary/aromatic N) is 4. The first-order valence-corrected chi connectivity index (χ1v) is 21.3. The van der Waals surface area contributed by atoms with Crippen molar-refractivity contribution in [1.29, 1.82) is 0 Å². The number of fused-ring (bicyclic) bond motifs is 9. The highest BCUT2D eigenvalue weighted by atomic mass is 16.3. The largest absolute Gasteiger partial charge is 0.455 e. The predicted octanol–water partition coefficient (Wildman–Crippen LogP) is 15.2. The fourth-order valence-electron chi connectivity index (χ4n) is 9.68. The predicted molar refractivity (Wildman–Crippen MR) is 260 cm³/mol. The SMILES string of the molecule is c1ccc(-c2cc(-c3cc(-n4c5ccccc5c5ccccc54)cc(-n4c5ccccc5c5ccccc54)c3)nc(-c3cccc(-c4cccc5c4oc4ccccc45)c3)n2)cc1. The minimum absolute atomic E-state index is 0.644. The van der Waals surface area contributed by atoms with Crippen LogP contribution in [-0.2, 0) is 0 Å². The number of rotatable bonds is 6. The molecule has 63 heavy (non-hydrogen) atoms. The van der Waals surface area contributed by atoms with Crippen molar-refractivity contribution >= 4 is 65.6 Å². The summed E-state index contributed by atoms with van der Waals surface area (Å²) < 4.78 is 11.3. The third-order valence-corrected chi connectivity index (χ3v) is 12.5. The van der Waals surface area contributed by atoms with Crippen LogP contribution in [0.5, 0.6) is 0 Å². The highest BCUT2D eigenvalue weighted by Gasteiger charge is 2.20. The third kappa shape index (κ3) is 5.64. The maximum atomic E-state index is 6.49. The van der Waals surface area contributed by atoms with Gasteiger partial charge in [-0.2, -0.15) is 0 Å². The lowest BCUT2D eigenvalue weighted by molar-refractivity contribution is 0.670. The molecule has 13 rings (SSSR count). The molecule has 0 atom stereocenters. The van der Waals surface area contributed by atoms with E-state index in [2.05, 4.69) is 209 Å². The molecule has 0 saturated heterocycles. The highest BCUT2D eigenvalue weighted by molar-refractivity contribution is 6.11. The van der Waals surface area contributed by atoms with Crippen LogP contribution in [0.3, 0.4) is 0 Å². The van der Waals surface area contributed by atoms with Crippen LogP contribution in [0.15, 0.2) is 223 Å². The third-order valence-electron chi connectivity index (χ3n) is 12.5. The van der Waals surface area contributed by atoms with Crippen molar-refractivity contribution in [3.05, 3.63) is 218 Å². The molecule has 0 aliphatic rings. The molecule has 4 heterocycles. The van der Waals surface area contributed by atoms with Crippen LogP contribution in [0.2, 0.25) is 0 Å². The fourth-order valence-corrected chi connectivity index (χ4v) is 9.68. The number of para-hydroxylation sites is 6. The molecule has 0 unspecified atom stereocenters. The van der Waals surface area contributed by atoms with Gasteiger partial charge < -0.3 is 13.6 Å². The van der Waals surface area contributed by atoms with Crippen molar-refractivity contribution in [3.63, 3.8) is 0 Å². The summed E-state index contributed by atoms with van der Waals surface area (Å²) in [7, 11) is 0. The molecule has 13 aromatic rings. The molecular formula is C58H36N4O. The molecule has 0 amide bonds. The van der Waals surface area contributed by atoms with E-state index >= 15 is 0 Å². The van der Waals surface area contributed by atoms with Crippen LogP contribution < -0.4 is 0 Å². The van der Waals surface area contributed by atoms with Crippen molar-refractivity contribution in [2.24, 2.45) is 0 Å². The first-order valence-electron chi connectivity index (χ1n) is 21.3. The van der Waals surface area contributed by atoms with Gasteiger partial charge in [-0.1, -0.05) is 158 Å². The molecule has 5 nitrogen and oxygen atoms in total. The number of hydrogen-bond acceptors (Lipinski definition) is 3. The molecule has 0 fully saturated rings. The summed E-state index contributed by atoms with van der Waals surface area (Å²) in [6.45, 7) is 0. The summed E-state index contributed by atoms with van der Waals surface area (Å²) in [4.78, 5) is 10.8. The Bertz CT molecular complexity index is 3690. The standard InChI is InChI=1S/C58H36N4O/c1-2-16-37(17-3-1)50-36-51(60-58(59-50)39-19-14-18-38(32-39)43-25-15-26-49-48-24-8-13-31-56(48)63-57(43)49)40-33-41(61-52-27-9-4-20-44(52)45-21-5-10-28-53(45)61)35-42(34-40)62-54-29-11-6-22-46(54)47-23-7-12-30-55(47)62/h1-36H. The second-order valence-electron chi connectivity index (χ2n) is 16.2. The van der Waals surface area contributed by atoms with Crippen LogP contribution in [0.4, 0.5) is 0 Å². The van der Waals surface area contributed by atoms with Crippen molar-refractivity contribution in [2.75, 3.05) is 0 Å². The van der Waals surface area contributed by atoms with E-state index in [9.17, 15) is 0 Å². The molecule has 5 heteroatoms. The van der Waals surface area contributed by atoms with Gasteiger partial charge >= 0.3 is 0 Å². The molecule has 9 aromatic carbocycles. The van der Waals surface area contributed by atoms with Gasteiger partial charge in [-0.3, -0.25) is 0 Å². The zero-order valence-corrected chi connectivity index (χ0v) is 34.0. The van der Waals surface area contributed by atoms with Crippen LogP contribution in [0.25, 0.3) is 122 Å². The first kappa shape index (κ1) is 35.2. The van der Waals surface area contributed by atoms with Crippen LogP contribution in [0.1, 0.15) is 0 Å². The number of furan rings is 1.